The van der Waals surface area contributed by atoms with Gasteiger partial charge in [-0.2, -0.15) is 0 Å². The molecule has 2 aromatic rings. The molecular formula is C15H12ClNO2. The molecule has 0 aliphatic rings. The fraction of sp³-hybridized carbons (Fsp3) is 0. The van der Waals surface area contributed by atoms with Crippen molar-refractivity contribution in [2.45, 2.75) is 0 Å². The van der Waals surface area contributed by atoms with Crippen molar-refractivity contribution in [3.8, 4) is 5.75 Å². The van der Waals surface area contributed by atoms with Gasteiger partial charge >= 0.3 is 0 Å². The van der Waals surface area contributed by atoms with Gasteiger partial charge in [-0.3, -0.25) is 4.79 Å². The molecule has 2 rings (SSSR count). The highest BCUT2D eigenvalue weighted by Gasteiger charge is 1.98. The molecule has 1 amide bonds. The molecule has 19 heavy (non-hydrogen) atoms. The van der Waals surface area contributed by atoms with Crippen molar-refractivity contribution in [1.82, 2.24) is 0 Å². The van der Waals surface area contributed by atoms with E-state index in [1.807, 2.05) is 0 Å². The number of halogens is 1. The summed E-state index contributed by atoms with van der Waals surface area (Å²) in [5, 5.41) is 12.6. The fourth-order valence-electron chi connectivity index (χ4n) is 1.52. The second-order valence-corrected chi connectivity index (χ2v) is 4.36. The van der Waals surface area contributed by atoms with Gasteiger partial charge in [-0.1, -0.05) is 23.7 Å². The molecule has 0 aliphatic heterocycles. The lowest BCUT2D eigenvalue weighted by atomic mass is 10.2. The average Bonchev–Trinajstić information content (AvgIpc) is 2.39. The summed E-state index contributed by atoms with van der Waals surface area (Å²) >= 11 is 5.75. The number of carbonyl (C=O) groups is 1. The fourth-order valence-corrected chi connectivity index (χ4v) is 1.64. The van der Waals surface area contributed by atoms with Gasteiger partial charge in [-0.05, 0) is 48.0 Å². The number of phenolic OH excluding ortho intramolecular Hbond substituents is 1. The van der Waals surface area contributed by atoms with Crippen LogP contribution in [0.25, 0.3) is 6.08 Å². The highest BCUT2D eigenvalue weighted by atomic mass is 35.5. The van der Waals surface area contributed by atoms with Gasteiger partial charge in [0.25, 0.3) is 0 Å². The zero-order chi connectivity index (χ0) is 13.7. The Hall–Kier alpha value is -2.26. The molecule has 0 unspecified atom stereocenters. The molecule has 0 saturated carbocycles. The van der Waals surface area contributed by atoms with E-state index >= 15 is 0 Å². The van der Waals surface area contributed by atoms with Crippen LogP contribution in [-0.4, -0.2) is 11.0 Å². The van der Waals surface area contributed by atoms with Gasteiger partial charge in [0.05, 0.1) is 0 Å². The summed E-state index contributed by atoms with van der Waals surface area (Å²) in [5.41, 5.74) is 1.43. The number of anilines is 1. The van der Waals surface area contributed by atoms with Crippen molar-refractivity contribution in [3.05, 3.63) is 65.2 Å². The summed E-state index contributed by atoms with van der Waals surface area (Å²) in [6.45, 7) is 0. The number of aromatic hydroxyl groups is 1. The molecule has 0 saturated heterocycles. The predicted octanol–water partition coefficient (Wildman–Crippen LogP) is 3.70. The molecular weight excluding hydrogens is 262 g/mol. The van der Waals surface area contributed by atoms with Crippen LogP contribution >= 0.6 is 11.6 Å². The number of carbonyl (C=O) groups excluding carboxylic acids is 1. The molecule has 0 aliphatic carbocycles. The topological polar surface area (TPSA) is 49.3 Å². The van der Waals surface area contributed by atoms with Gasteiger partial charge in [0.15, 0.2) is 0 Å². The van der Waals surface area contributed by atoms with E-state index in [2.05, 4.69) is 5.32 Å². The first-order chi connectivity index (χ1) is 9.13. The van der Waals surface area contributed by atoms with E-state index in [1.54, 1.807) is 54.6 Å². The Balaban J connectivity index is 1.99. The Kier molecular flexibility index (Phi) is 4.21. The second kappa shape index (κ2) is 6.07. The summed E-state index contributed by atoms with van der Waals surface area (Å²) in [5.74, 6) is -0.0778. The number of benzene rings is 2. The molecule has 3 nitrogen and oxygen atoms in total. The molecule has 0 atom stereocenters. The molecule has 0 aromatic heterocycles. The first kappa shape index (κ1) is 13.2. The van der Waals surface area contributed by atoms with Crippen LogP contribution in [0.15, 0.2) is 54.6 Å². The second-order valence-electron chi connectivity index (χ2n) is 3.92. The smallest absolute Gasteiger partial charge is 0.248 e. The van der Waals surface area contributed by atoms with Crippen molar-refractivity contribution in [2.75, 3.05) is 5.32 Å². The van der Waals surface area contributed by atoms with E-state index in [9.17, 15) is 9.90 Å². The van der Waals surface area contributed by atoms with Gasteiger partial charge in [0.1, 0.15) is 5.75 Å². The monoisotopic (exact) mass is 273 g/mol. The van der Waals surface area contributed by atoms with Crippen LogP contribution in [0.3, 0.4) is 0 Å². The molecule has 0 fully saturated rings. The third kappa shape index (κ3) is 4.16. The van der Waals surface area contributed by atoms with Crippen LogP contribution in [-0.2, 0) is 4.79 Å². The van der Waals surface area contributed by atoms with Gasteiger partial charge in [0, 0.05) is 16.8 Å². The summed E-state index contributed by atoms with van der Waals surface area (Å²) in [7, 11) is 0. The maximum Gasteiger partial charge on any atom is 0.248 e. The zero-order valence-electron chi connectivity index (χ0n) is 10.0. The standard InChI is InChI=1S/C15H12ClNO2/c16-12-5-7-13(8-6-12)17-15(19)9-4-11-2-1-3-14(18)10-11/h1-10,18H,(H,17,19)/b9-4+. The van der Waals surface area contributed by atoms with Crippen molar-refractivity contribution in [3.63, 3.8) is 0 Å². The average molecular weight is 274 g/mol. The van der Waals surface area contributed by atoms with E-state index in [0.29, 0.717) is 10.7 Å². The summed E-state index contributed by atoms with van der Waals surface area (Å²) in [6.07, 6.45) is 3.04. The predicted molar refractivity (Wildman–Crippen MR) is 77.2 cm³/mol. The highest BCUT2D eigenvalue weighted by molar-refractivity contribution is 6.30. The number of hydrogen-bond donors (Lipinski definition) is 2. The van der Waals surface area contributed by atoms with Crippen molar-refractivity contribution in [1.29, 1.82) is 0 Å². The normalized spacial score (nSPS) is 10.6. The van der Waals surface area contributed by atoms with Crippen molar-refractivity contribution >= 4 is 29.3 Å². The summed E-state index contributed by atoms with van der Waals surface area (Å²) in [6, 6.07) is 13.5. The van der Waals surface area contributed by atoms with E-state index in [-0.39, 0.29) is 11.7 Å². The summed E-state index contributed by atoms with van der Waals surface area (Å²) < 4.78 is 0. The zero-order valence-corrected chi connectivity index (χ0v) is 10.8. The third-order valence-electron chi connectivity index (χ3n) is 2.41. The van der Waals surface area contributed by atoms with Gasteiger partial charge in [-0.15, -0.1) is 0 Å². The van der Waals surface area contributed by atoms with Gasteiger partial charge in [-0.25, -0.2) is 0 Å². The molecule has 96 valence electrons. The Labute approximate surface area is 116 Å². The van der Waals surface area contributed by atoms with Gasteiger partial charge < -0.3 is 10.4 Å². The first-order valence-electron chi connectivity index (χ1n) is 5.67. The lowest BCUT2D eigenvalue weighted by Gasteiger charge is -2.01. The maximum atomic E-state index is 11.7. The van der Waals surface area contributed by atoms with E-state index in [1.165, 1.54) is 6.08 Å². The van der Waals surface area contributed by atoms with E-state index in [0.717, 1.165) is 5.56 Å². The Morgan fingerprint density at radius 3 is 2.58 bits per heavy atom. The molecule has 0 radical (unpaired) electrons. The lowest BCUT2D eigenvalue weighted by Crippen LogP contribution is -2.07. The molecule has 0 heterocycles. The highest BCUT2D eigenvalue weighted by Crippen LogP contribution is 2.14. The minimum Gasteiger partial charge on any atom is -0.508 e. The summed E-state index contributed by atoms with van der Waals surface area (Å²) in [4.78, 5) is 11.7. The quantitative estimate of drug-likeness (QED) is 0.838. The maximum absolute atomic E-state index is 11.7. The molecule has 2 aromatic carbocycles. The van der Waals surface area contributed by atoms with Crippen LogP contribution in [0, 0.1) is 0 Å². The van der Waals surface area contributed by atoms with Crippen LogP contribution in [0.2, 0.25) is 5.02 Å². The van der Waals surface area contributed by atoms with Crippen LogP contribution in [0.5, 0.6) is 5.75 Å². The van der Waals surface area contributed by atoms with E-state index in [4.69, 9.17) is 11.6 Å². The van der Waals surface area contributed by atoms with Gasteiger partial charge in [0.2, 0.25) is 5.91 Å². The van der Waals surface area contributed by atoms with E-state index < -0.39 is 0 Å². The third-order valence-corrected chi connectivity index (χ3v) is 2.66. The van der Waals surface area contributed by atoms with Crippen LogP contribution in [0.1, 0.15) is 5.56 Å². The number of nitrogens with one attached hydrogen (secondary N) is 1. The molecule has 2 N–H and O–H groups in total. The first-order valence-corrected chi connectivity index (χ1v) is 6.05. The number of phenols is 1. The lowest BCUT2D eigenvalue weighted by molar-refractivity contribution is -0.111. The Bertz CT molecular complexity index is 606. The molecule has 0 spiro atoms. The van der Waals surface area contributed by atoms with Crippen LogP contribution < -0.4 is 5.32 Å². The Morgan fingerprint density at radius 2 is 1.89 bits per heavy atom. The molecule has 4 heteroatoms. The van der Waals surface area contributed by atoms with Crippen LogP contribution in [0.4, 0.5) is 5.69 Å². The van der Waals surface area contributed by atoms with Crippen molar-refractivity contribution < 1.29 is 9.90 Å². The number of hydrogen-bond acceptors (Lipinski definition) is 2. The number of amides is 1. The molecule has 0 bridgehead atoms. The Morgan fingerprint density at radius 1 is 1.16 bits per heavy atom. The largest absolute Gasteiger partial charge is 0.508 e. The minimum absolute atomic E-state index is 0.167. The SMILES string of the molecule is O=C(/C=C/c1cccc(O)c1)Nc1ccc(Cl)cc1. The minimum atomic E-state index is -0.245. The number of rotatable bonds is 3. The van der Waals surface area contributed by atoms with Crippen molar-refractivity contribution in [2.24, 2.45) is 0 Å².